The molecule has 6 heteroatoms. The van der Waals surface area contributed by atoms with E-state index in [9.17, 15) is 17.6 Å². The molecule has 0 atom stereocenters. The van der Waals surface area contributed by atoms with Crippen molar-refractivity contribution in [3.05, 3.63) is 53.5 Å². The van der Waals surface area contributed by atoms with Crippen LogP contribution in [0.4, 0.5) is 17.6 Å². The summed E-state index contributed by atoms with van der Waals surface area (Å²) >= 11 is 0. The first kappa shape index (κ1) is 13.0. The minimum atomic E-state index is -4.76. The first-order valence-corrected chi connectivity index (χ1v) is 5.15. The van der Waals surface area contributed by atoms with Gasteiger partial charge in [0.15, 0.2) is 0 Å². The standard InChI is InChI=1S/C13H6F4N2/c14-12-9(2-1-3-10(12)13(15,16)17)11-5-4-8(6-18)7-19-11/h1-5,7H. The van der Waals surface area contributed by atoms with Crippen molar-refractivity contribution in [3.63, 3.8) is 0 Å². The number of hydrogen-bond acceptors (Lipinski definition) is 2. The lowest BCUT2D eigenvalue weighted by atomic mass is 10.1. The molecule has 1 heterocycles. The maximum absolute atomic E-state index is 13.8. The molecule has 0 unspecified atom stereocenters. The van der Waals surface area contributed by atoms with Gasteiger partial charge in [-0.3, -0.25) is 4.98 Å². The van der Waals surface area contributed by atoms with Crippen molar-refractivity contribution < 1.29 is 17.6 Å². The van der Waals surface area contributed by atoms with E-state index in [0.29, 0.717) is 6.07 Å². The summed E-state index contributed by atoms with van der Waals surface area (Å²) in [5.74, 6) is -1.37. The van der Waals surface area contributed by atoms with E-state index in [-0.39, 0.29) is 16.8 Å². The number of halogens is 4. The van der Waals surface area contributed by atoms with Crippen LogP contribution in [0.1, 0.15) is 11.1 Å². The molecule has 0 amide bonds. The van der Waals surface area contributed by atoms with Crippen molar-refractivity contribution in [2.24, 2.45) is 0 Å². The van der Waals surface area contributed by atoms with Gasteiger partial charge in [-0.05, 0) is 24.3 Å². The van der Waals surface area contributed by atoms with Crippen LogP contribution in [0.25, 0.3) is 11.3 Å². The van der Waals surface area contributed by atoms with Crippen molar-refractivity contribution in [2.45, 2.75) is 6.18 Å². The fourth-order valence-electron chi connectivity index (χ4n) is 1.57. The molecule has 0 fully saturated rings. The maximum atomic E-state index is 13.8. The summed E-state index contributed by atoms with van der Waals surface area (Å²) in [6.07, 6.45) is -3.58. The molecule has 0 N–H and O–H groups in total. The molecule has 0 saturated carbocycles. The SMILES string of the molecule is N#Cc1ccc(-c2cccc(C(F)(F)F)c2F)nc1. The molecule has 19 heavy (non-hydrogen) atoms. The largest absolute Gasteiger partial charge is 0.419 e. The summed E-state index contributed by atoms with van der Waals surface area (Å²) in [5.41, 5.74) is -1.30. The third-order valence-corrected chi connectivity index (χ3v) is 2.47. The summed E-state index contributed by atoms with van der Waals surface area (Å²) in [6.45, 7) is 0. The fourth-order valence-corrected chi connectivity index (χ4v) is 1.57. The van der Waals surface area contributed by atoms with Gasteiger partial charge in [0.2, 0.25) is 0 Å². The highest BCUT2D eigenvalue weighted by Gasteiger charge is 2.35. The van der Waals surface area contributed by atoms with Gasteiger partial charge in [-0.25, -0.2) is 4.39 Å². The highest BCUT2D eigenvalue weighted by Crippen LogP contribution is 2.34. The topological polar surface area (TPSA) is 36.7 Å². The molecule has 96 valence electrons. The van der Waals surface area contributed by atoms with Gasteiger partial charge in [0.25, 0.3) is 0 Å². The number of hydrogen-bond donors (Lipinski definition) is 0. The average Bonchev–Trinajstić information content (AvgIpc) is 2.38. The number of pyridine rings is 1. The number of benzene rings is 1. The second kappa shape index (κ2) is 4.69. The zero-order valence-electron chi connectivity index (χ0n) is 9.37. The third-order valence-electron chi connectivity index (χ3n) is 2.47. The second-order valence-corrected chi connectivity index (χ2v) is 3.71. The van der Waals surface area contributed by atoms with Crippen molar-refractivity contribution in [2.75, 3.05) is 0 Å². The molecule has 1 aromatic heterocycles. The van der Waals surface area contributed by atoms with Crippen LogP contribution in [0, 0.1) is 17.1 Å². The first-order valence-electron chi connectivity index (χ1n) is 5.15. The number of aromatic nitrogens is 1. The van der Waals surface area contributed by atoms with Crippen LogP contribution in [-0.2, 0) is 6.18 Å². The Balaban J connectivity index is 2.54. The third kappa shape index (κ3) is 2.55. The van der Waals surface area contributed by atoms with E-state index < -0.39 is 17.6 Å². The van der Waals surface area contributed by atoms with Gasteiger partial charge >= 0.3 is 6.18 Å². The molecule has 2 nitrogen and oxygen atoms in total. The van der Waals surface area contributed by atoms with E-state index in [1.54, 1.807) is 0 Å². The van der Waals surface area contributed by atoms with Crippen molar-refractivity contribution in [1.29, 1.82) is 5.26 Å². The minimum Gasteiger partial charge on any atom is -0.255 e. The molecular formula is C13H6F4N2. The van der Waals surface area contributed by atoms with Crippen molar-refractivity contribution in [1.82, 2.24) is 4.98 Å². The number of nitrogens with zero attached hydrogens (tertiary/aromatic N) is 2. The molecular weight excluding hydrogens is 260 g/mol. The minimum absolute atomic E-state index is 0.0441. The molecule has 0 aliphatic heterocycles. The molecule has 0 aliphatic carbocycles. The summed E-state index contributed by atoms with van der Waals surface area (Å²) in [5, 5.41) is 8.59. The smallest absolute Gasteiger partial charge is 0.255 e. The predicted molar refractivity (Wildman–Crippen MR) is 59.3 cm³/mol. The van der Waals surface area contributed by atoms with Crippen LogP contribution in [0.2, 0.25) is 0 Å². The van der Waals surface area contributed by atoms with Gasteiger partial charge in [-0.15, -0.1) is 0 Å². The summed E-state index contributed by atoms with van der Waals surface area (Å²) in [7, 11) is 0. The second-order valence-electron chi connectivity index (χ2n) is 3.71. The molecule has 0 bridgehead atoms. The van der Waals surface area contributed by atoms with E-state index in [2.05, 4.69) is 4.98 Å². The highest BCUT2D eigenvalue weighted by molar-refractivity contribution is 5.61. The lowest BCUT2D eigenvalue weighted by Crippen LogP contribution is -2.08. The van der Waals surface area contributed by atoms with Crippen molar-refractivity contribution in [3.8, 4) is 17.3 Å². The van der Waals surface area contributed by atoms with E-state index >= 15 is 0 Å². The Morgan fingerprint density at radius 1 is 1.11 bits per heavy atom. The first-order chi connectivity index (χ1) is 8.93. The highest BCUT2D eigenvalue weighted by atomic mass is 19.4. The van der Waals surface area contributed by atoms with Gasteiger partial charge in [-0.1, -0.05) is 6.07 Å². The molecule has 2 aromatic rings. The number of rotatable bonds is 1. The van der Waals surface area contributed by atoms with Crippen LogP contribution in [-0.4, -0.2) is 4.98 Å². The van der Waals surface area contributed by atoms with E-state index in [4.69, 9.17) is 5.26 Å². The zero-order valence-corrected chi connectivity index (χ0v) is 9.37. The van der Waals surface area contributed by atoms with Gasteiger partial charge in [0, 0.05) is 11.8 Å². The number of nitriles is 1. The molecule has 1 aromatic carbocycles. The summed E-state index contributed by atoms with van der Waals surface area (Å²) < 4.78 is 51.5. The molecule has 2 rings (SSSR count). The van der Waals surface area contributed by atoms with Gasteiger partial charge in [-0.2, -0.15) is 18.4 Å². The molecule has 0 saturated heterocycles. The zero-order chi connectivity index (χ0) is 14.0. The Morgan fingerprint density at radius 2 is 1.84 bits per heavy atom. The van der Waals surface area contributed by atoms with Gasteiger partial charge < -0.3 is 0 Å². The van der Waals surface area contributed by atoms with Crippen LogP contribution < -0.4 is 0 Å². The van der Waals surface area contributed by atoms with Gasteiger partial charge in [0.05, 0.1) is 16.8 Å². The fraction of sp³-hybridized carbons (Fsp3) is 0.0769. The molecule has 0 spiro atoms. The maximum Gasteiger partial charge on any atom is 0.419 e. The van der Waals surface area contributed by atoms with E-state index in [1.807, 2.05) is 6.07 Å². The van der Waals surface area contributed by atoms with E-state index in [0.717, 1.165) is 6.07 Å². The van der Waals surface area contributed by atoms with Crippen LogP contribution in [0.3, 0.4) is 0 Å². The molecule has 0 radical (unpaired) electrons. The average molecular weight is 266 g/mol. The lowest BCUT2D eigenvalue weighted by Gasteiger charge is -2.10. The summed E-state index contributed by atoms with van der Waals surface area (Å²) in [6, 6.07) is 7.47. The lowest BCUT2D eigenvalue weighted by molar-refractivity contribution is -0.139. The predicted octanol–water partition coefficient (Wildman–Crippen LogP) is 3.78. The Kier molecular flexibility index (Phi) is 3.21. The summed E-state index contributed by atoms with van der Waals surface area (Å²) in [4.78, 5) is 3.77. The normalized spacial score (nSPS) is 11.1. The number of alkyl halides is 3. The monoisotopic (exact) mass is 266 g/mol. The van der Waals surface area contributed by atoms with Crippen LogP contribution in [0.15, 0.2) is 36.5 Å². The quantitative estimate of drug-likeness (QED) is 0.736. The van der Waals surface area contributed by atoms with Crippen LogP contribution in [0.5, 0.6) is 0 Å². The molecule has 0 aliphatic rings. The Hall–Kier alpha value is -2.42. The van der Waals surface area contributed by atoms with Gasteiger partial charge in [0.1, 0.15) is 11.9 Å². The Morgan fingerprint density at radius 3 is 2.37 bits per heavy atom. The Labute approximate surface area is 105 Å². The van der Waals surface area contributed by atoms with Crippen molar-refractivity contribution >= 4 is 0 Å². The Bertz CT molecular complexity index is 639. The van der Waals surface area contributed by atoms with Crippen LogP contribution >= 0.6 is 0 Å². The van der Waals surface area contributed by atoms with E-state index in [1.165, 1.54) is 24.4 Å².